The molecule has 5 heterocycles. The third-order valence-corrected chi connectivity index (χ3v) is 15.0. The Morgan fingerprint density at radius 1 is 0.508 bits per heavy atom. The van der Waals surface area contributed by atoms with Gasteiger partial charge in [0, 0.05) is 49.3 Å². The molecule has 2 aliphatic rings. The third kappa shape index (κ3) is 6.25. The molecule has 3 aromatic heterocycles. The first-order chi connectivity index (χ1) is 31.2. The number of rotatable bonds is 4. The molecule has 7 aromatic carbocycles. The molecule has 12 rings (SSSR count). The molecule has 6 heteroatoms. The number of thiophene rings is 1. The molecule has 0 N–H and O–H groups in total. The summed E-state index contributed by atoms with van der Waals surface area (Å²) in [7, 11) is 0. The highest BCUT2D eigenvalue weighted by atomic mass is 32.1. The first-order valence-corrected chi connectivity index (χ1v) is 23.7. The molecule has 0 unspecified atom stereocenters. The molecule has 0 saturated carbocycles. The van der Waals surface area contributed by atoms with E-state index >= 15 is 0 Å². The highest BCUT2D eigenvalue weighted by Crippen LogP contribution is 2.51. The summed E-state index contributed by atoms with van der Waals surface area (Å²) < 4.78 is 14.4. The van der Waals surface area contributed by atoms with Crippen LogP contribution >= 0.6 is 11.3 Å². The van der Waals surface area contributed by atoms with Gasteiger partial charge < -0.3 is 18.6 Å². The van der Waals surface area contributed by atoms with Crippen molar-refractivity contribution in [2.45, 2.75) is 73.1 Å². The Balaban J connectivity index is 1.17. The number of anilines is 6. The van der Waals surface area contributed by atoms with E-state index in [1.165, 1.54) is 76.4 Å². The second-order valence-corrected chi connectivity index (χ2v) is 21.5. The molecule has 0 spiro atoms. The molecule has 0 radical (unpaired) electrons. The Morgan fingerprint density at radius 2 is 1.12 bits per heavy atom. The molecule has 4 nitrogen and oxygen atoms in total. The van der Waals surface area contributed by atoms with Crippen molar-refractivity contribution in [3.8, 4) is 22.6 Å². The third-order valence-electron chi connectivity index (χ3n) is 13.8. The van der Waals surface area contributed by atoms with Crippen molar-refractivity contribution >= 4 is 99.9 Å². The van der Waals surface area contributed by atoms with Crippen LogP contribution in [0, 0.1) is 20.8 Å². The van der Waals surface area contributed by atoms with Crippen molar-refractivity contribution in [1.82, 2.24) is 0 Å². The Kier molecular flexibility index (Phi) is 8.65. The molecule has 0 amide bonds. The van der Waals surface area contributed by atoms with Crippen LogP contribution in [0.2, 0.25) is 0 Å². The molecule has 2 aliphatic heterocycles. The van der Waals surface area contributed by atoms with Crippen LogP contribution in [0.4, 0.5) is 33.4 Å². The van der Waals surface area contributed by atoms with Crippen LogP contribution in [0.25, 0.3) is 54.7 Å². The van der Waals surface area contributed by atoms with Gasteiger partial charge in [0.05, 0.1) is 10.7 Å². The minimum absolute atomic E-state index is 0.0128. The van der Waals surface area contributed by atoms with E-state index in [9.17, 15) is 0 Å². The molecule has 10 aromatic rings. The van der Waals surface area contributed by atoms with E-state index in [4.69, 9.17) is 8.83 Å². The van der Waals surface area contributed by atoms with E-state index in [-0.39, 0.29) is 17.5 Å². The van der Waals surface area contributed by atoms with E-state index < -0.39 is 0 Å². The number of nitrogens with zero attached hydrogens (tertiary/aromatic N) is 2. The van der Waals surface area contributed by atoms with E-state index in [1.54, 1.807) is 0 Å². The number of hydrogen-bond donors (Lipinski definition) is 0. The monoisotopic (exact) mass is 862 g/mol. The molecule has 0 aliphatic carbocycles. The van der Waals surface area contributed by atoms with Gasteiger partial charge in [-0.15, -0.1) is 11.3 Å². The maximum Gasteiger partial charge on any atom is 0.254 e. The van der Waals surface area contributed by atoms with Crippen LogP contribution < -0.4 is 26.2 Å². The molecule has 0 bridgehead atoms. The minimum Gasteiger partial charge on any atom is -0.456 e. The maximum atomic E-state index is 6.59. The first kappa shape index (κ1) is 39.8. The van der Waals surface area contributed by atoms with Gasteiger partial charge in [-0.05, 0) is 142 Å². The molecular weight excluding hydrogens is 812 g/mol. The van der Waals surface area contributed by atoms with Gasteiger partial charge in [0.25, 0.3) is 6.71 Å². The van der Waals surface area contributed by atoms with Gasteiger partial charge in [-0.2, -0.15) is 0 Å². The Hall–Kier alpha value is -6.76. The van der Waals surface area contributed by atoms with Crippen LogP contribution in [0.3, 0.4) is 0 Å². The van der Waals surface area contributed by atoms with E-state index in [1.807, 2.05) is 29.5 Å². The SMILES string of the molecule is Cc1cc2c3c(c1)N(c1c(C)cc(C(C)(C)C)cc1C)c1sc4ccc(C(C)(C)C)cc4c1B3c1ccc(-c3cc4ccccc4o3)cc1N2c1cccc(-c2cc3ccccc3o2)c1. The second kappa shape index (κ2) is 14.1. The predicted octanol–water partition coefficient (Wildman–Crippen LogP) is 15.3. The summed E-state index contributed by atoms with van der Waals surface area (Å²) in [6.07, 6.45) is 0. The zero-order valence-electron chi connectivity index (χ0n) is 38.6. The number of hydrogen-bond acceptors (Lipinski definition) is 5. The van der Waals surface area contributed by atoms with Crippen molar-refractivity contribution in [3.05, 3.63) is 173 Å². The number of para-hydroxylation sites is 2. The van der Waals surface area contributed by atoms with Gasteiger partial charge in [0.2, 0.25) is 0 Å². The Morgan fingerprint density at radius 3 is 1.75 bits per heavy atom. The maximum absolute atomic E-state index is 6.59. The van der Waals surface area contributed by atoms with Crippen molar-refractivity contribution in [2.24, 2.45) is 0 Å². The van der Waals surface area contributed by atoms with Crippen molar-refractivity contribution < 1.29 is 8.83 Å². The predicted molar refractivity (Wildman–Crippen MR) is 278 cm³/mol. The van der Waals surface area contributed by atoms with Gasteiger partial charge in [-0.3, -0.25) is 0 Å². The molecule has 0 saturated heterocycles. The number of benzene rings is 7. The van der Waals surface area contributed by atoms with Crippen molar-refractivity contribution in [2.75, 3.05) is 9.80 Å². The summed E-state index contributed by atoms with van der Waals surface area (Å²) in [6, 6.07) is 53.7. The molecule has 0 fully saturated rings. The summed E-state index contributed by atoms with van der Waals surface area (Å²) in [4.78, 5) is 5.14. The standard InChI is InChI=1S/C59H51BN2O2S/c1-34-25-47-55-48(26-34)62(56-35(2)27-42(28-36(56)3)59(7,8)9)57-54(44-33-41(58(4,5)6)22-24-53(44)65-57)60(55)45-23-21-40(52-32-39-16-11-13-20-50(39)64-52)30-46(45)61(47)43-18-14-17-37(29-43)51-31-38-15-10-12-19-49(38)63-51/h10-33H,1-9H3. The zero-order valence-corrected chi connectivity index (χ0v) is 39.4. The van der Waals surface area contributed by atoms with Gasteiger partial charge in [0.1, 0.15) is 22.7 Å². The molecule has 318 valence electrons. The van der Waals surface area contributed by atoms with E-state index in [2.05, 4.69) is 200 Å². The average molecular weight is 863 g/mol. The van der Waals surface area contributed by atoms with Crippen LogP contribution in [-0.4, -0.2) is 6.71 Å². The van der Waals surface area contributed by atoms with E-state index in [0.29, 0.717) is 0 Å². The topological polar surface area (TPSA) is 32.8 Å². The lowest BCUT2D eigenvalue weighted by atomic mass is 9.33. The lowest BCUT2D eigenvalue weighted by Gasteiger charge is -2.44. The molecule has 65 heavy (non-hydrogen) atoms. The number of fused-ring (bicyclic) bond motifs is 8. The van der Waals surface area contributed by atoms with Gasteiger partial charge in [-0.25, -0.2) is 0 Å². The smallest absolute Gasteiger partial charge is 0.254 e. The second-order valence-electron chi connectivity index (χ2n) is 20.4. The quantitative estimate of drug-likeness (QED) is 0.165. The fourth-order valence-electron chi connectivity index (χ4n) is 10.6. The number of furan rings is 2. The van der Waals surface area contributed by atoms with Crippen molar-refractivity contribution in [3.63, 3.8) is 0 Å². The summed E-state index contributed by atoms with van der Waals surface area (Å²) in [5.74, 6) is 1.71. The van der Waals surface area contributed by atoms with E-state index in [0.717, 1.165) is 56.0 Å². The van der Waals surface area contributed by atoms with Crippen molar-refractivity contribution in [1.29, 1.82) is 0 Å². The molecule has 0 atom stereocenters. The summed E-state index contributed by atoms with van der Waals surface area (Å²) in [5, 5.41) is 4.82. The Labute approximate surface area is 385 Å². The lowest BCUT2D eigenvalue weighted by molar-refractivity contribution is 0.589. The van der Waals surface area contributed by atoms with Gasteiger partial charge in [0.15, 0.2) is 0 Å². The highest BCUT2D eigenvalue weighted by molar-refractivity contribution is 7.26. The highest BCUT2D eigenvalue weighted by Gasteiger charge is 2.46. The van der Waals surface area contributed by atoms with Crippen LogP contribution in [-0.2, 0) is 10.8 Å². The fraction of sp³-hybridized carbons (Fsp3) is 0.186. The lowest BCUT2D eigenvalue weighted by Crippen LogP contribution is -2.61. The Bertz CT molecular complexity index is 3500. The van der Waals surface area contributed by atoms with Crippen LogP contribution in [0.5, 0.6) is 0 Å². The largest absolute Gasteiger partial charge is 0.456 e. The summed E-state index contributed by atoms with van der Waals surface area (Å²) in [5.41, 5.74) is 20.2. The normalized spacial score (nSPS) is 13.5. The van der Waals surface area contributed by atoms with Gasteiger partial charge >= 0.3 is 0 Å². The average Bonchev–Trinajstić information content (AvgIpc) is 4.01. The fourth-order valence-corrected chi connectivity index (χ4v) is 11.8. The summed E-state index contributed by atoms with van der Waals surface area (Å²) >= 11 is 1.93. The zero-order chi connectivity index (χ0) is 44.7. The van der Waals surface area contributed by atoms with Crippen LogP contribution in [0.1, 0.15) is 69.4 Å². The summed E-state index contributed by atoms with van der Waals surface area (Å²) in [6.45, 7) is 20.8. The van der Waals surface area contributed by atoms with Gasteiger partial charge in [-0.1, -0.05) is 126 Å². The molecular formula is C59H51BN2O2S. The van der Waals surface area contributed by atoms with Crippen LogP contribution in [0.15, 0.2) is 154 Å². The minimum atomic E-state index is -0.0280. The number of aryl methyl sites for hydroxylation is 3. The first-order valence-electron chi connectivity index (χ1n) is 22.8.